The van der Waals surface area contributed by atoms with Crippen LogP contribution in [0.15, 0.2) is 0 Å². The van der Waals surface area contributed by atoms with E-state index in [1.165, 1.54) is 0 Å². The summed E-state index contributed by atoms with van der Waals surface area (Å²) in [4.78, 5) is 2.33. The van der Waals surface area contributed by atoms with E-state index >= 15 is 0 Å². The molecule has 0 aliphatic carbocycles. The molecule has 0 amide bonds. The number of ether oxygens (including phenoxy) is 1. The molecule has 1 fully saturated rings. The van der Waals surface area contributed by atoms with Crippen molar-refractivity contribution >= 4 is 0 Å². The molecule has 0 aromatic rings. The van der Waals surface area contributed by atoms with E-state index in [2.05, 4.69) is 24.7 Å². The average molecular weight is 167 g/mol. The van der Waals surface area contributed by atoms with E-state index in [4.69, 9.17) is 11.2 Å². The van der Waals surface area contributed by atoms with Crippen LogP contribution < -0.4 is 0 Å². The van der Waals surface area contributed by atoms with Crippen LogP contribution in [0.3, 0.4) is 0 Å². The van der Waals surface area contributed by atoms with E-state index in [1.807, 2.05) is 0 Å². The van der Waals surface area contributed by atoms with Gasteiger partial charge in [-0.05, 0) is 20.3 Å². The van der Waals surface area contributed by atoms with E-state index < -0.39 is 0 Å². The molecule has 1 aliphatic heterocycles. The first-order valence-corrected chi connectivity index (χ1v) is 4.55. The normalized spacial score (nSPS) is 26.7. The summed E-state index contributed by atoms with van der Waals surface area (Å²) in [6.45, 7) is 6.95. The Labute approximate surface area is 74.9 Å². The van der Waals surface area contributed by atoms with Gasteiger partial charge in [-0.3, -0.25) is 4.90 Å². The lowest BCUT2D eigenvalue weighted by Gasteiger charge is -2.28. The maximum Gasteiger partial charge on any atom is 0.0951 e. The molecule has 68 valence electrons. The highest BCUT2D eigenvalue weighted by Gasteiger charge is 2.21. The second kappa shape index (κ2) is 4.49. The van der Waals surface area contributed by atoms with Gasteiger partial charge in [-0.25, -0.2) is 0 Å². The predicted molar refractivity (Wildman–Crippen MR) is 49.9 cm³/mol. The number of nitrogens with zero attached hydrogens (tertiary/aromatic N) is 1. The molecule has 2 heteroatoms. The molecule has 0 saturated carbocycles. The van der Waals surface area contributed by atoms with Gasteiger partial charge in [0.05, 0.1) is 12.6 Å². The zero-order valence-corrected chi connectivity index (χ0v) is 7.92. The Morgan fingerprint density at radius 1 is 1.58 bits per heavy atom. The predicted octanol–water partition coefficient (Wildman–Crippen LogP) is 1.12. The first-order chi connectivity index (χ1) is 5.75. The standard InChI is InChI=1S/C10H17NO/c1-4-10-8-12-7-5-6-11(10)9(2)3/h1,9-10H,5-8H2,2-3H3/t10-/m1/s1. The van der Waals surface area contributed by atoms with Crippen LogP contribution in [0.1, 0.15) is 20.3 Å². The Bertz CT molecular complexity index is 171. The summed E-state index contributed by atoms with van der Waals surface area (Å²) in [5.41, 5.74) is 0. The van der Waals surface area contributed by atoms with Crippen molar-refractivity contribution in [3.05, 3.63) is 0 Å². The van der Waals surface area contributed by atoms with Crippen molar-refractivity contribution in [2.24, 2.45) is 0 Å². The van der Waals surface area contributed by atoms with Crippen molar-refractivity contribution < 1.29 is 4.74 Å². The van der Waals surface area contributed by atoms with Gasteiger partial charge in [-0.15, -0.1) is 6.42 Å². The third-order valence-electron chi connectivity index (χ3n) is 2.24. The smallest absolute Gasteiger partial charge is 0.0951 e. The zero-order chi connectivity index (χ0) is 8.97. The number of hydrogen-bond acceptors (Lipinski definition) is 2. The fourth-order valence-corrected chi connectivity index (χ4v) is 1.56. The summed E-state index contributed by atoms with van der Waals surface area (Å²) in [6.07, 6.45) is 6.52. The molecular formula is C10H17NO. The summed E-state index contributed by atoms with van der Waals surface area (Å²) < 4.78 is 5.39. The minimum atomic E-state index is 0.174. The number of rotatable bonds is 1. The van der Waals surface area contributed by atoms with Gasteiger partial charge in [0.2, 0.25) is 0 Å². The number of terminal acetylenes is 1. The molecule has 1 saturated heterocycles. The summed E-state index contributed by atoms with van der Waals surface area (Å²) in [7, 11) is 0. The van der Waals surface area contributed by atoms with Crippen LogP contribution in [0.4, 0.5) is 0 Å². The zero-order valence-electron chi connectivity index (χ0n) is 7.92. The fraction of sp³-hybridized carbons (Fsp3) is 0.800. The Balaban J connectivity index is 2.59. The topological polar surface area (TPSA) is 12.5 Å². The van der Waals surface area contributed by atoms with Crippen LogP contribution in [0.2, 0.25) is 0 Å². The highest BCUT2D eigenvalue weighted by atomic mass is 16.5. The van der Waals surface area contributed by atoms with E-state index in [9.17, 15) is 0 Å². The molecule has 1 heterocycles. The Kier molecular flexibility index (Phi) is 3.58. The van der Waals surface area contributed by atoms with E-state index in [-0.39, 0.29) is 6.04 Å². The molecule has 1 rings (SSSR count). The summed E-state index contributed by atoms with van der Waals surface area (Å²) >= 11 is 0. The first kappa shape index (κ1) is 9.57. The molecule has 0 aromatic carbocycles. The molecule has 0 spiro atoms. The Morgan fingerprint density at radius 3 is 2.92 bits per heavy atom. The van der Waals surface area contributed by atoms with Gasteiger partial charge in [0.1, 0.15) is 0 Å². The third-order valence-corrected chi connectivity index (χ3v) is 2.24. The minimum Gasteiger partial charge on any atom is -0.379 e. The summed E-state index contributed by atoms with van der Waals surface area (Å²) in [5.74, 6) is 2.78. The van der Waals surface area contributed by atoms with E-state index in [0.29, 0.717) is 12.6 Å². The lowest BCUT2D eigenvalue weighted by molar-refractivity contribution is 0.112. The highest BCUT2D eigenvalue weighted by molar-refractivity contribution is 5.01. The van der Waals surface area contributed by atoms with Gasteiger partial charge in [0, 0.05) is 19.2 Å². The van der Waals surface area contributed by atoms with E-state index in [1.54, 1.807) is 0 Å². The van der Waals surface area contributed by atoms with Gasteiger partial charge in [0.25, 0.3) is 0 Å². The van der Waals surface area contributed by atoms with Crippen LogP contribution in [0, 0.1) is 12.3 Å². The first-order valence-electron chi connectivity index (χ1n) is 4.55. The Morgan fingerprint density at radius 2 is 2.33 bits per heavy atom. The van der Waals surface area contributed by atoms with Gasteiger partial charge in [-0.2, -0.15) is 0 Å². The van der Waals surface area contributed by atoms with Crippen molar-refractivity contribution in [2.75, 3.05) is 19.8 Å². The monoisotopic (exact) mass is 167 g/mol. The molecule has 12 heavy (non-hydrogen) atoms. The molecule has 0 unspecified atom stereocenters. The van der Waals surface area contributed by atoms with Gasteiger partial charge >= 0.3 is 0 Å². The van der Waals surface area contributed by atoms with E-state index in [0.717, 1.165) is 19.6 Å². The fourth-order valence-electron chi connectivity index (χ4n) is 1.56. The van der Waals surface area contributed by atoms with Crippen molar-refractivity contribution in [3.63, 3.8) is 0 Å². The SMILES string of the molecule is C#C[C@@H]1COCCCN1C(C)C. The summed E-state index contributed by atoms with van der Waals surface area (Å²) in [6, 6.07) is 0.695. The maximum absolute atomic E-state index is 5.43. The van der Waals surface area contributed by atoms with Crippen LogP contribution in [0.25, 0.3) is 0 Å². The van der Waals surface area contributed by atoms with Crippen LogP contribution in [-0.2, 0) is 4.74 Å². The Hall–Kier alpha value is -0.520. The second-order valence-electron chi connectivity index (χ2n) is 3.44. The van der Waals surface area contributed by atoms with Crippen molar-refractivity contribution in [2.45, 2.75) is 32.4 Å². The minimum absolute atomic E-state index is 0.174. The van der Waals surface area contributed by atoms with Crippen molar-refractivity contribution in [1.82, 2.24) is 4.90 Å². The molecule has 0 N–H and O–H groups in total. The molecule has 1 atom stereocenters. The summed E-state index contributed by atoms with van der Waals surface area (Å²) in [5, 5.41) is 0. The molecule has 2 nitrogen and oxygen atoms in total. The molecule has 0 bridgehead atoms. The molecule has 0 radical (unpaired) electrons. The lowest BCUT2D eigenvalue weighted by atomic mass is 10.2. The van der Waals surface area contributed by atoms with Crippen LogP contribution in [0.5, 0.6) is 0 Å². The largest absolute Gasteiger partial charge is 0.379 e. The van der Waals surface area contributed by atoms with Crippen LogP contribution >= 0.6 is 0 Å². The second-order valence-corrected chi connectivity index (χ2v) is 3.44. The maximum atomic E-state index is 5.43. The quantitative estimate of drug-likeness (QED) is 0.543. The van der Waals surface area contributed by atoms with Gasteiger partial charge in [-0.1, -0.05) is 5.92 Å². The van der Waals surface area contributed by atoms with Gasteiger partial charge in [0.15, 0.2) is 0 Å². The van der Waals surface area contributed by atoms with Gasteiger partial charge < -0.3 is 4.74 Å². The third kappa shape index (κ3) is 2.23. The molecule has 0 aromatic heterocycles. The lowest BCUT2D eigenvalue weighted by Crippen LogP contribution is -2.41. The molecule has 1 aliphatic rings. The van der Waals surface area contributed by atoms with Crippen LogP contribution in [-0.4, -0.2) is 36.7 Å². The molecular weight excluding hydrogens is 150 g/mol. The number of hydrogen-bond donors (Lipinski definition) is 0. The van der Waals surface area contributed by atoms with Crippen molar-refractivity contribution in [1.29, 1.82) is 0 Å². The van der Waals surface area contributed by atoms with Crippen molar-refractivity contribution in [3.8, 4) is 12.3 Å². The highest BCUT2D eigenvalue weighted by Crippen LogP contribution is 2.10. The average Bonchev–Trinajstić information content (AvgIpc) is 2.27.